The Morgan fingerprint density at radius 1 is 1.30 bits per heavy atom. The zero-order valence-corrected chi connectivity index (χ0v) is 15.9. The SMILES string of the molecule is Cc1cc(OC(F)F)ccc1C1CCC2(C1)CN(C(=O)[C@H]1C[C@@](C)(O)C1)C2. The zero-order valence-electron chi connectivity index (χ0n) is 15.9. The van der Waals surface area contributed by atoms with Crippen molar-refractivity contribution in [3.8, 4) is 5.75 Å². The minimum atomic E-state index is -2.80. The Bertz CT molecular complexity index is 735. The standard InChI is InChI=1S/C21H27F2NO3/c1-13-7-16(27-19(22)23)3-4-17(13)14-5-6-21(10-14)11-24(12-21)18(25)15-8-20(2,26)9-15/h3-4,7,14-15,19,26H,5-6,8-12H2,1-2H3/t14?,15-,20+. The molecule has 27 heavy (non-hydrogen) atoms. The largest absolute Gasteiger partial charge is 0.435 e. The maximum Gasteiger partial charge on any atom is 0.387 e. The molecule has 2 aliphatic carbocycles. The molecule has 0 radical (unpaired) electrons. The number of halogens is 2. The van der Waals surface area contributed by atoms with Crippen LogP contribution in [0.3, 0.4) is 0 Å². The lowest BCUT2D eigenvalue weighted by atomic mass is 9.69. The molecule has 6 heteroatoms. The van der Waals surface area contributed by atoms with Crippen LogP contribution in [0.15, 0.2) is 18.2 Å². The molecule has 1 N–H and O–H groups in total. The fourth-order valence-corrected chi connectivity index (χ4v) is 5.40. The third kappa shape index (κ3) is 3.56. The molecule has 4 rings (SSSR count). The number of amides is 1. The quantitative estimate of drug-likeness (QED) is 0.864. The Kier molecular flexibility index (Phi) is 4.45. The van der Waals surface area contributed by atoms with Crippen molar-refractivity contribution in [3.05, 3.63) is 29.3 Å². The van der Waals surface area contributed by atoms with Crippen LogP contribution in [0, 0.1) is 18.3 Å². The van der Waals surface area contributed by atoms with Gasteiger partial charge in [0.2, 0.25) is 5.91 Å². The van der Waals surface area contributed by atoms with Gasteiger partial charge in [-0.15, -0.1) is 0 Å². The lowest BCUT2D eigenvalue weighted by molar-refractivity contribution is -0.161. The van der Waals surface area contributed by atoms with Crippen LogP contribution in [0.2, 0.25) is 0 Å². The summed E-state index contributed by atoms with van der Waals surface area (Å²) >= 11 is 0. The number of rotatable bonds is 4. The van der Waals surface area contributed by atoms with Crippen LogP contribution in [0.4, 0.5) is 8.78 Å². The van der Waals surface area contributed by atoms with Crippen molar-refractivity contribution < 1.29 is 23.4 Å². The summed E-state index contributed by atoms with van der Waals surface area (Å²) < 4.78 is 29.2. The van der Waals surface area contributed by atoms with E-state index in [0.29, 0.717) is 18.8 Å². The summed E-state index contributed by atoms with van der Waals surface area (Å²) in [5.41, 5.74) is 1.73. The Hall–Kier alpha value is -1.69. The molecule has 1 spiro atoms. The smallest absolute Gasteiger partial charge is 0.387 e. The molecule has 1 aromatic rings. The van der Waals surface area contributed by atoms with E-state index >= 15 is 0 Å². The topological polar surface area (TPSA) is 49.8 Å². The van der Waals surface area contributed by atoms with E-state index in [2.05, 4.69) is 4.74 Å². The first kappa shape index (κ1) is 18.7. The van der Waals surface area contributed by atoms with Gasteiger partial charge in [-0.2, -0.15) is 8.78 Å². The fourth-order valence-electron chi connectivity index (χ4n) is 5.40. The first-order valence-electron chi connectivity index (χ1n) is 9.73. The van der Waals surface area contributed by atoms with E-state index in [4.69, 9.17) is 0 Å². The lowest BCUT2D eigenvalue weighted by Crippen LogP contribution is -2.61. The molecule has 148 valence electrons. The number of hydrogen-bond donors (Lipinski definition) is 1. The summed E-state index contributed by atoms with van der Waals surface area (Å²) in [4.78, 5) is 14.5. The van der Waals surface area contributed by atoms with Crippen molar-refractivity contribution in [2.45, 2.75) is 64.1 Å². The van der Waals surface area contributed by atoms with Gasteiger partial charge in [0.1, 0.15) is 5.75 Å². The maximum atomic E-state index is 12.5. The minimum absolute atomic E-state index is 0.0147. The monoisotopic (exact) mass is 379 g/mol. The second kappa shape index (κ2) is 6.43. The zero-order chi connectivity index (χ0) is 19.4. The second-order valence-electron chi connectivity index (χ2n) is 9.13. The highest BCUT2D eigenvalue weighted by atomic mass is 19.3. The van der Waals surface area contributed by atoms with E-state index in [1.807, 2.05) is 17.9 Å². The molecule has 1 unspecified atom stereocenters. The highest BCUT2D eigenvalue weighted by Crippen LogP contribution is 2.53. The van der Waals surface area contributed by atoms with Crippen molar-refractivity contribution in [3.63, 3.8) is 0 Å². The molecule has 1 aliphatic heterocycles. The van der Waals surface area contributed by atoms with Gasteiger partial charge in [-0.1, -0.05) is 6.07 Å². The molecule has 3 aliphatic rings. The molecule has 2 saturated carbocycles. The highest BCUT2D eigenvalue weighted by Gasteiger charge is 2.53. The van der Waals surface area contributed by atoms with E-state index < -0.39 is 12.2 Å². The number of alkyl halides is 2. The van der Waals surface area contributed by atoms with Crippen molar-refractivity contribution in [2.75, 3.05) is 13.1 Å². The average molecular weight is 379 g/mol. The molecule has 1 atom stereocenters. The third-order valence-corrected chi connectivity index (χ3v) is 6.69. The number of hydrogen-bond acceptors (Lipinski definition) is 3. The van der Waals surface area contributed by atoms with Crippen molar-refractivity contribution in [1.29, 1.82) is 0 Å². The van der Waals surface area contributed by atoms with Crippen LogP contribution >= 0.6 is 0 Å². The Labute approximate surface area is 158 Å². The molecule has 0 bridgehead atoms. The molecule has 1 aromatic carbocycles. The Balaban J connectivity index is 1.34. The van der Waals surface area contributed by atoms with Crippen LogP contribution in [0.25, 0.3) is 0 Å². The van der Waals surface area contributed by atoms with Gasteiger partial charge in [0, 0.05) is 24.4 Å². The third-order valence-electron chi connectivity index (χ3n) is 6.69. The van der Waals surface area contributed by atoms with Gasteiger partial charge in [-0.05, 0) is 75.1 Å². The normalized spacial score (nSPS) is 31.7. The number of ether oxygens (including phenoxy) is 1. The van der Waals surface area contributed by atoms with Crippen LogP contribution in [-0.2, 0) is 4.79 Å². The number of aliphatic hydroxyl groups is 1. The van der Waals surface area contributed by atoms with Gasteiger partial charge in [0.05, 0.1) is 5.60 Å². The van der Waals surface area contributed by atoms with Crippen molar-refractivity contribution in [1.82, 2.24) is 4.90 Å². The Morgan fingerprint density at radius 2 is 2.00 bits per heavy atom. The van der Waals surface area contributed by atoms with E-state index in [1.54, 1.807) is 19.1 Å². The van der Waals surface area contributed by atoms with E-state index in [-0.39, 0.29) is 23.0 Å². The van der Waals surface area contributed by atoms with Crippen LogP contribution < -0.4 is 4.74 Å². The molecule has 1 heterocycles. The summed E-state index contributed by atoms with van der Waals surface area (Å²) in [6.07, 6.45) is 4.35. The summed E-state index contributed by atoms with van der Waals surface area (Å²) in [7, 11) is 0. The van der Waals surface area contributed by atoms with Gasteiger partial charge < -0.3 is 14.7 Å². The molecular formula is C21H27F2NO3. The molecule has 3 fully saturated rings. The number of likely N-dealkylation sites (tertiary alicyclic amines) is 1. The van der Waals surface area contributed by atoms with E-state index in [9.17, 15) is 18.7 Å². The summed E-state index contributed by atoms with van der Waals surface area (Å²) in [6.45, 7) is 2.55. The average Bonchev–Trinajstić information content (AvgIpc) is 2.95. The molecular weight excluding hydrogens is 352 g/mol. The molecule has 1 amide bonds. The number of carbonyl (C=O) groups excluding carboxylic acids is 1. The second-order valence-corrected chi connectivity index (χ2v) is 9.13. The number of aryl methyl sites for hydroxylation is 1. The van der Waals surface area contributed by atoms with Gasteiger partial charge in [-0.25, -0.2) is 0 Å². The lowest BCUT2D eigenvalue weighted by Gasteiger charge is -2.52. The molecule has 0 aromatic heterocycles. The summed E-state index contributed by atoms with van der Waals surface area (Å²) in [6, 6.07) is 5.22. The predicted octanol–water partition coefficient (Wildman–Crippen LogP) is 3.85. The first-order chi connectivity index (χ1) is 12.7. The van der Waals surface area contributed by atoms with Crippen LogP contribution in [-0.4, -0.2) is 41.2 Å². The molecule has 4 nitrogen and oxygen atoms in total. The predicted molar refractivity (Wildman–Crippen MR) is 96.8 cm³/mol. The maximum absolute atomic E-state index is 12.5. The fraction of sp³-hybridized carbons (Fsp3) is 0.667. The van der Waals surface area contributed by atoms with Crippen molar-refractivity contribution in [2.24, 2.45) is 11.3 Å². The Morgan fingerprint density at radius 3 is 2.59 bits per heavy atom. The molecule has 1 saturated heterocycles. The van der Waals surface area contributed by atoms with E-state index in [0.717, 1.165) is 37.9 Å². The van der Waals surface area contributed by atoms with Crippen LogP contribution in [0.1, 0.15) is 56.1 Å². The highest BCUT2D eigenvalue weighted by molar-refractivity contribution is 5.81. The minimum Gasteiger partial charge on any atom is -0.435 e. The van der Waals surface area contributed by atoms with Gasteiger partial charge in [-0.3, -0.25) is 4.79 Å². The summed E-state index contributed by atoms with van der Waals surface area (Å²) in [5.74, 6) is 0.794. The van der Waals surface area contributed by atoms with E-state index in [1.165, 1.54) is 5.56 Å². The summed E-state index contributed by atoms with van der Waals surface area (Å²) in [5, 5.41) is 9.84. The van der Waals surface area contributed by atoms with Crippen LogP contribution in [0.5, 0.6) is 5.75 Å². The van der Waals surface area contributed by atoms with Gasteiger partial charge in [0.15, 0.2) is 0 Å². The number of benzene rings is 1. The van der Waals surface area contributed by atoms with Crippen molar-refractivity contribution >= 4 is 5.91 Å². The first-order valence-corrected chi connectivity index (χ1v) is 9.73. The number of carbonyl (C=O) groups is 1. The number of nitrogens with zero attached hydrogens (tertiary/aromatic N) is 1. The van der Waals surface area contributed by atoms with Gasteiger partial charge in [0.25, 0.3) is 0 Å². The van der Waals surface area contributed by atoms with Gasteiger partial charge >= 0.3 is 6.61 Å².